The summed E-state index contributed by atoms with van der Waals surface area (Å²) >= 11 is 0. The molecule has 48 heavy (non-hydrogen) atoms. The number of hydrogen-bond donors (Lipinski definition) is 3. The van der Waals surface area contributed by atoms with Crippen LogP contribution in [0.2, 0.25) is 0 Å². The Balaban J connectivity index is 1.50. The minimum Gasteiger partial charge on any atom is -0.376 e. The predicted molar refractivity (Wildman–Crippen MR) is 188 cm³/mol. The molecule has 0 radical (unpaired) electrons. The number of aliphatic hydroxyl groups is 3. The van der Waals surface area contributed by atoms with Crippen LogP contribution in [0.25, 0.3) is 33.4 Å². The molecule has 7 aromatic rings. The summed E-state index contributed by atoms with van der Waals surface area (Å²) in [5, 5.41) is 40.6. The van der Waals surface area contributed by atoms with Gasteiger partial charge in [-0.05, 0) is 50.1 Å². The van der Waals surface area contributed by atoms with Crippen molar-refractivity contribution in [2.24, 2.45) is 0 Å². The number of fused-ring (bicyclic) bond motifs is 12. The lowest BCUT2D eigenvalue weighted by atomic mass is 9.73. The van der Waals surface area contributed by atoms with E-state index in [1.165, 1.54) is 0 Å². The average Bonchev–Trinajstić information content (AvgIpc) is 3.70. The van der Waals surface area contributed by atoms with Gasteiger partial charge in [-0.25, -0.2) is 0 Å². The summed E-state index contributed by atoms with van der Waals surface area (Å²) in [4.78, 5) is 0. The maximum Gasteiger partial charge on any atom is 0.142 e. The predicted octanol–water partition coefficient (Wildman–Crippen LogP) is 8.48. The zero-order valence-corrected chi connectivity index (χ0v) is 25.9. The Kier molecular flexibility index (Phi) is 5.44. The van der Waals surface area contributed by atoms with Gasteiger partial charge in [0.25, 0.3) is 0 Å². The van der Waals surface area contributed by atoms with Gasteiger partial charge < -0.3 is 15.3 Å². The van der Waals surface area contributed by atoms with Crippen molar-refractivity contribution in [3.05, 3.63) is 214 Å². The molecule has 0 amide bonds. The number of benzene rings is 7. The Morgan fingerprint density at radius 2 is 0.500 bits per heavy atom. The summed E-state index contributed by atoms with van der Waals surface area (Å²) in [5.41, 5.74) is 6.78. The van der Waals surface area contributed by atoms with Crippen LogP contribution in [0.15, 0.2) is 164 Å². The van der Waals surface area contributed by atoms with Crippen LogP contribution in [0.5, 0.6) is 0 Å². The molecule has 7 aromatic carbocycles. The highest BCUT2D eigenvalue weighted by Crippen LogP contribution is 2.68. The largest absolute Gasteiger partial charge is 0.376 e. The molecule has 0 saturated heterocycles. The van der Waals surface area contributed by atoms with E-state index in [4.69, 9.17) is 0 Å². The van der Waals surface area contributed by atoms with Crippen molar-refractivity contribution in [3.63, 3.8) is 0 Å². The first-order valence-corrected chi connectivity index (χ1v) is 16.4. The molecule has 10 rings (SSSR count). The first-order valence-electron chi connectivity index (χ1n) is 16.4. The van der Waals surface area contributed by atoms with Crippen molar-refractivity contribution in [1.29, 1.82) is 0 Å². The average molecular weight is 619 g/mol. The van der Waals surface area contributed by atoms with Crippen LogP contribution in [0.4, 0.5) is 0 Å². The van der Waals surface area contributed by atoms with Crippen LogP contribution >= 0.6 is 0 Å². The van der Waals surface area contributed by atoms with E-state index in [1.807, 2.05) is 146 Å². The second-order valence-corrected chi connectivity index (χ2v) is 13.1. The molecule has 0 unspecified atom stereocenters. The van der Waals surface area contributed by atoms with E-state index in [2.05, 4.69) is 18.2 Å². The monoisotopic (exact) mass is 618 g/mol. The van der Waals surface area contributed by atoms with E-state index < -0.39 is 16.8 Å². The molecule has 0 spiro atoms. The molecule has 0 bridgehead atoms. The van der Waals surface area contributed by atoms with Crippen molar-refractivity contribution in [3.8, 4) is 33.4 Å². The molecule has 0 aromatic heterocycles. The van der Waals surface area contributed by atoms with Crippen LogP contribution in [0, 0.1) is 0 Å². The Hall–Kier alpha value is -5.58. The van der Waals surface area contributed by atoms with Crippen molar-refractivity contribution in [1.82, 2.24) is 0 Å². The quantitative estimate of drug-likeness (QED) is 0.186. The van der Waals surface area contributed by atoms with Gasteiger partial charge in [-0.15, -0.1) is 0 Å². The number of rotatable bonds is 3. The van der Waals surface area contributed by atoms with Crippen LogP contribution in [0.1, 0.15) is 50.1 Å². The number of hydrogen-bond acceptors (Lipinski definition) is 3. The first kappa shape index (κ1) is 27.5. The topological polar surface area (TPSA) is 60.7 Å². The van der Waals surface area contributed by atoms with Crippen LogP contribution < -0.4 is 0 Å². The minimum atomic E-state index is -1.58. The fourth-order valence-electron chi connectivity index (χ4n) is 9.03. The minimum absolute atomic E-state index is 0.685. The fourth-order valence-corrected chi connectivity index (χ4v) is 9.03. The zero-order valence-electron chi connectivity index (χ0n) is 25.9. The molecule has 3 heteroatoms. The lowest BCUT2D eigenvalue weighted by Crippen LogP contribution is -2.31. The molecular formula is C45H30O3. The highest BCUT2D eigenvalue weighted by atomic mass is 16.3. The molecule has 3 N–H and O–H groups in total. The molecule has 228 valence electrons. The second-order valence-electron chi connectivity index (χ2n) is 13.1. The van der Waals surface area contributed by atoms with E-state index >= 15 is 0 Å². The molecule has 0 aliphatic heterocycles. The Morgan fingerprint density at radius 1 is 0.271 bits per heavy atom. The van der Waals surface area contributed by atoms with E-state index in [0.29, 0.717) is 16.7 Å². The maximum atomic E-state index is 13.5. The Bertz CT molecular complexity index is 2140. The second kappa shape index (κ2) is 9.50. The maximum absolute atomic E-state index is 13.5. The summed E-state index contributed by atoms with van der Waals surface area (Å²) in [6, 6.07) is 53.4. The van der Waals surface area contributed by atoms with E-state index in [0.717, 1.165) is 66.8 Å². The molecule has 0 saturated carbocycles. The summed E-state index contributed by atoms with van der Waals surface area (Å²) in [5.74, 6) is 0. The third-order valence-electron chi connectivity index (χ3n) is 10.9. The third kappa shape index (κ3) is 3.14. The first-order chi connectivity index (χ1) is 23.5. The molecule has 3 nitrogen and oxygen atoms in total. The normalized spacial score (nSPS) is 22.3. The van der Waals surface area contributed by atoms with E-state index in [9.17, 15) is 15.3 Å². The summed E-state index contributed by atoms with van der Waals surface area (Å²) in [6.07, 6.45) is 0. The van der Waals surface area contributed by atoms with Gasteiger partial charge in [-0.1, -0.05) is 164 Å². The highest BCUT2D eigenvalue weighted by molar-refractivity contribution is 6.05. The molecular weight excluding hydrogens is 588 g/mol. The van der Waals surface area contributed by atoms with Gasteiger partial charge in [0.1, 0.15) is 16.8 Å². The van der Waals surface area contributed by atoms with Crippen LogP contribution in [0.3, 0.4) is 0 Å². The van der Waals surface area contributed by atoms with Gasteiger partial charge in [-0.3, -0.25) is 0 Å². The Labute approximate surface area is 278 Å². The van der Waals surface area contributed by atoms with Crippen molar-refractivity contribution in [2.45, 2.75) is 16.8 Å². The Morgan fingerprint density at radius 3 is 0.771 bits per heavy atom. The summed E-state index contributed by atoms with van der Waals surface area (Å²) in [6.45, 7) is 0. The van der Waals surface area contributed by atoms with Gasteiger partial charge in [0.15, 0.2) is 0 Å². The van der Waals surface area contributed by atoms with E-state index in [1.54, 1.807) is 0 Å². The lowest BCUT2D eigenvalue weighted by Gasteiger charge is -2.34. The molecule has 0 fully saturated rings. The van der Waals surface area contributed by atoms with Gasteiger partial charge in [0, 0.05) is 33.4 Å². The molecule has 3 aliphatic rings. The van der Waals surface area contributed by atoms with Crippen LogP contribution in [-0.4, -0.2) is 15.3 Å². The van der Waals surface area contributed by atoms with Gasteiger partial charge in [0.05, 0.1) is 0 Å². The molecule has 0 heterocycles. The molecule has 3 aliphatic carbocycles. The van der Waals surface area contributed by atoms with Gasteiger partial charge in [-0.2, -0.15) is 0 Å². The van der Waals surface area contributed by atoms with Crippen molar-refractivity contribution in [2.75, 3.05) is 0 Å². The summed E-state index contributed by atoms with van der Waals surface area (Å²) in [7, 11) is 0. The van der Waals surface area contributed by atoms with Gasteiger partial charge in [0.2, 0.25) is 0 Å². The zero-order chi connectivity index (χ0) is 32.3. The fraction of sp³-hybridized carbons (Fsp3) is 0.0667. The highest BCUT2D eigenvalue weighted by Gasteiger charge is 2.58. The SMILES string of the molecule is O[C@]1(c2ccccc2)c2ccccc2-c2c1c1c(c3c2[C@](O)(c2ccccc2)c2ccccc2-3)[C@@](O)(c2ccccc2)c2ccccc2-1. The van der Waals surface area contributed by atoms with Crippen molar-refractivity contribution < 1.29 is 15.3 Å². The van der Waals surface area contributed by atoms with Gasteiger partial charge >= 0.3 is 0 Å². The summed E-state index contributed by atoms with van der Waals surface area (Å²) < 4.78 is 0. The smallest absolute Gasteiger partial charge is 0.142 e. The molecule has 3 atom stereocenters. The lowest BCUT2D eigenvalue weighted by molar-refractivity contribution is 0.123. The van der Waals surface area contributed by atoms with E-state index in [-0.39, 0.29) is 0 Å². The van der Waals surface area contributed by atoms with Crippen molar-refractivity contribution >= 4 is 0 Å². The third-order valence-corrected chi connectivity index (χ3v) is 10.9. The van der Waals surface area contributed by atoms with Crippen LogP contribution in [-0.2, 0) is 16.8 Å². The standard InChI is InChI=1S/C45H30O3/c46-43(28-16-4-1-5-17-28)34-25-13-10-22-31(34)37-40(43)38-32-23-11-14-26-35(32)44(47,29-18-6-2-7-19-29)42(38)39-33-24-12-15-27-36(33)45(48,41(37)39)30-20-8-3-9-21-30/h1-27,46-48H/t43-,44-,45+/m1/s1.